The molecule has 0 aromatic carbocycles. The molecule has 0 amide bonds. The highest BCUT2D eigenvalue weighted by Crippen LogP contribution is 2.28. The molecule has 0 saturated carbocycles. The molecule has 3 aliphatic rings. The molecule has 1 fully saturated rings. The maximum absolute atomic E-state index is 4.67. The minimum atomic E-state index is -0.403. The molecule has 3 nitrogen and oxygen atoms in total. The Kier molecular flexibility index (Phi) is 0.190. The van der Waals surface area contributed by atoms with Gasteiger partial charge >= 0.3 is 12.4 Å². The molecule has 0 spiro atoms. The molecule has 3 heterocycles. The maximum Gasteiger partial charge on any atom is 0.410 e. The van der Waals surface area contributed by atoms with Crippen LogP contribution in [-0.2, 0) is 14.2 Å². The summed E-state index contributed by atoms with van der Waals surface area (Å²) in [7, 11) is 0. The van der Waals surface area contributed by atoms with Crippen molar-refractivity contribution in [2.45, 2.75) is 6.48 Å². The molecule has 3 aliphatic heterocycles. The minimum Gasteiger partial charge on any atom is -0.423 e. The predicted molar refractivity (Wildman–Crippen MR) is 15.1 cm³/mol. The van der Waals surface area contributed by atoms with Crippen LogP contribution in [-0.4, -0.2) is 6.48 Å². The molecule has 0 aromatic heterocycles. The quantitative estimate of drug-likeness (QED) is 0.420. The first-order chi connectivity index (χ1) is 2.95. The lowest BCUT2D eigenvalue weighted by Crippen LogP contribution is -2.21. The average molecular weight is 86.0 g/mol. The van der Waals surface area contributed by atoms with Crippen LogP contribution in [0.1, 0.15) is 0 Å². The van der Waals surface area contributed by atoms with Crippen molar-refractivity contribution in [3.63, 3.8) is 0 Å². The Morgan fingerprint density at radius 3 is 2.50 bits per heavy atom. The van der Waals surface area contributed by atoms with Gasteiger partial charge in [-0.3, -0.25) is 0 Å². The lowest BCUT2D eigenvalue weighted by molar-refractivity contribution is -0.309. The lowest BCUT2D eigenvalue weighted by atomic mass is 10.9. The summed E-state index contributed by atoms with van der Waals surface area (Å²) in [6, 6.07) is 0. The van der Waals surface area contributed by atoms with Gasteiger partial charge in [-0.1, -0.05) is 0 Å². The Balaban J connectivity index is 2.37. The number of hydrogen-bond donors (Lipinski definition) is 0. The topological polar surface area (TPSA) is 27.7 Å². The smallest absolute Gasteiger partial charge is 0.410 e. The van der Waals surface area contributed by atoms with E-state index < -0.39 is 6.48 Å². The van der Waals surface area contributed by atoms with Crippen LogP contribution in [0, 0.1) is 0 Å². The van der Waals surface area contributed by atoms with Crippen LogP contribution in [0.3, 0.4) is 0 Å². The summed E-state index contributed by atoms with van der Waals surface area (Å²) in [5, 5.41) is 0. The summed E-state index contributed by atoms with van der Waals surface area (Å²) >= 11 is 0. The van der Waals surface area contributed by atoms with Gasteiger partial charge in [0.1, 0.15) is 0 Å². The highest BCUT2D eigenvalue weighted by Gasteiger charge is 2.34. The zero-order valence-electron chi connectivity index (χ0n) is 2.88. The first kappa shape index (κ1) is 2.34. The molecule has 1 saturated heterocycles. The Labute approximate surface area is 34.1 Å². The largest absolute Gasteiger partial charge is 0.423 e. The van der Waals surface area contributed by atoms with E-state index in [1.165, 1.54) is 6.26 Å². The van der Waals surface area contributed by atoms with E-state index >= 15 is 0 Å². The van der Waals surface area contributed by atoms with Crippen molar-refractivity contribution in [3.8, 4) is 0 Å². The first-order valence-corrected chi connectivity index (χ1v) is 1.64. The lowest BCUT2D eigenvalue weighted by Gasteiger charge is -2.18. The van der Waals surface area contributed by atoms with E-state index in [1.54, 1.807) is 0 Å². The van der Waals surface area contributed by atoms with E-state index in [1.807, 2.05) is 0 Å². The molecule has 2 bridgehead atoms. The SMILES string of the molecule is C1=C2OC(O1)O2. The molecule has 6 heavy (non-hydrogen) atoms. The van der Waals surface area contributed by atoms with Gasteiger partial charge in [-0.05, 0) is 0 Å². The molecule has 0 atom stereocenters. The molecular formula is C3H2O3. The minimum absolute atomic E-state index is 0.403. The zero-order chi connectivity index (χ0) is 3.98. The monoisotopic (exact) mass is 86.0 g/mol. The fraction of sp³-hybridized carbons (Fsp3) is 0.333. The van der Waals surface area contributed by atoms with Crippen molar-refractivity contribution in [2.75, 3.05) is 0 Å². The second-order valence-corrected chi connectivity index (χ2v) is 1.10. The van der Waals surface area contributed by atoms with Gasteiger partial charge in [0.05, 0.1) is 0 Å². The van der Waals surface area contributed by atoms with Crippen molar-refractivity contribution >= 4 is 0 Å². The van der Waals surface area contributed by atoms with Crippen LogP contribution in [0.2, 0.25) is 0 Å². The van der Waals surface area contributed by atoms with E-state index in [0.717, 1.165) is 0 Å². The summed E-state index contributed by atoms with van der Waals surface area (Å²) in [4.78, 5) is 0. The van der Waals surface area contributed by atoms with Crippen LogP contribution in [0.4, 0.5) is 0 Å². The normalized spacial score (nSPS) is 25.7. The highest BCUT2D eigenvalue weighted by atomic mass is 17.0. The highest BCUT2D eigenvalue weighted by molar-refractivity contribution is 4.88. The van der Waals surface area contributed by atoms with E-state index in [4.69, 9.17) is 0 Å². The van der Waals surface area contributed by atoms with E-state index in [2.05, 4.69) is 14.2 Å². The first-order valence-electron chi connectivity index (χ1n) is 1.64. The number of hydrogen-bond acceptors (Lipinski definition) is 3. The number of rotatable bonds is 0. The van der Waals surface area contributed by atoms with Crippen molar-refractivity contribution in [1.82, 2.24) is 0 Å². The molecular weight excluding hydrogens is 84.0 g/mol. The predicted octanol–water partition coefficient (Wildman–Crippen LogP) is 0.146. The second kappa shape index (κ2) is 0.489. The van der Waals surface area contributed by atoms with Crippen molar-refractivity contribution in [3.05, 3.63) is 12.2 Å². The third-order valence-electron chi connectivity index (χ3n) is 0.700. The van der Waals surface area contributed by atoms with Crippen LogP contribution < -0.4 is 0 Å². The Hall–Kier alpha value is -0.860. The average Bonchev–Trinajstić information content (AvgIpc) is 1.72. The van der Waals surface area contributed by atoms with Gasteiger partial charge in [-0.25, -0.2) is 0 Å². The molecule has 0 N–H and O–H groups in total. The fourth-order valence-corrected chi connectivity index (χ4v) is 0.421. The molecule has 3 heteroatoms. The maximum atomic E-state index is 4.67. The van der Waals surface area contributed by atoms with Crippen molar-refractivity contribution < 1.29 is 14.2 Å². The van der Waals surface area contributed by atoms with Gasteiger partial charge in [0.15, 0.2) is 6.26 Å². The summed E-state index contributed by atoms with van der Waals surface area (Å²) in [6.45, 7) is -0.403. The Morgan fingerprint density at radius 2 is 2.33 bits per heavy atom. The van der Waals surface area contributed by atoms with Gasteiger partial charge in [0, 0.05) is 0 Å². The van der Waals surface area contributed by atoms with Crippen LogP contribution in [0.15, 0.2) is 12.2 Å². The summed E-state index contributed by atoms with van der Waals surface area (Å²) in [5.74, 6) is 0.500. The molecule has 32 valence electrons. The Bertz CT molecular complexity index is 95.9. The number of fused-ring (bicyclic) bond motifs is 1. The molecule has 0 unspecified atom stereocenters. The van der Waals surface area contributed by atoms with Crippen LogP contribution in [0.5, 0.6) is 0 Å². The third kappa shape index (κ3) is 0.0976. The van der Waals surface area contributed by atoms with Crippen LogP contribution in [0.25, 0.3) is 0 Å². The summed E-state index contributed by atoms with van der Waals surface area (Å²) in [5.41, 5.74) is 0. The molecule has 0 radical (unpaired) electrons. The van der Waals surface area contributed by atoms with Gasteiger partial charge in [-0.2, -0.15) is 0 Å². The van der Waals surface area contributed by atoms with Gasteiger partial charge in [-0.15, -0.1) is 0 Å². The zero-order valence-corrected chi connectivity index (χ0v) is 2.88. The van der Waals surface area contributed by atoms with Gasteiger partial charge in [0.2, 0.25) is 0 Å². The third-order valence-corrected chi connectivity index (χ3v) is 0.700. The van der Waals surface area contributed by atoms with E-state index in [0.29, 0.717) is 5.95 Å². The van der Waals surface area contributed by atoms with Gasteiger partial charge in [0.25, 0.3) is 0 Å². The van der Waals surface area contributed by atoms with Crippen molar-refractivity contribution in [1.29, 1.82) is 0 Å². The van der Waals surface area contributed by atoms with E-state index in [9.17, 15) is 0 Å². The fourth-order valence-electron chi connectivity index (χ4n) is 0.421. The molecule has 0 aliphatic carbocycles. The van der Waals surface area contributed by atoms with Crippen LogP contribution >= 0.6 is 0 Å². The summed E-state index contributed by atoms with van der Waals surface area (Å²) in [6.07, 6.45) is 1.45. The number of ether oxygens (including phenoxy) is 3. The standard InChI is InChI=1S/C3H2O3/c1-2-5-3(4-1)6-2/h1,3H. The second-order valence-electron chi connectivity index (χ2n) is 1.10. The summed E-state index contributed by atoms with van der Waals surface area (Å²) < 4.78 is 14.0. The van der Waals surface area contributed by atoms with Gasteiger partial charge < -0.3 is 14.2 Å². The Morgan fingerprint density at radius 1 is 1.50 bits per heavy atom. The van der Waals surface area contributed by atoms with Crippen molar-refractivity contribution in [2.24, 2.45) is 0 Å². The van der Waals surface area contributed by atoms with E-state index in [-0.39, 0.29) is 0 Å². The molecule has 3 rings (SSSR count). The molecule has 0 aromatic rings.